The number of rotatable bonds is 6. The van der Waals surface area contributed by atoms with Crippen molar-refractivity contribution in [3.63, 3.8) is 0 Å². The maximum Gasteiger partial charge on any atom is 0.315 e. The number of methoxy groups -OCH3 is 1. The van der Waals surface area contributed by atoms with Gasteiger partial charge in [0, 0.05) is 37.5 Å². The topological polar surface area (TPSA) is 68.2 Å². The lowest BCUT2D eigenvalue weighted by molar-refractivity contribution is 0.0733. The van der Waals surface area contributed by atoms with Gasteiger partial charge < -0.3 is 15.4 Å². The number of hydrogen-bond acceptors (Lipinski definition) is 3. The molecule has 2 rings (SSSR count). The third-order valence-electron chi connectivity index (χ3n) is 4.05. The number of urea groups is 1. The summed E-state index contributed by atoms with van der Waals surface area (Å²) in [6, 6.07) is 5.64. The SMILES string of the molecule is COC(c1ccccc1F)C(C)NC(=O)NCc1cnn(C)c1C. The highest BCUT2D eigenvalue weighted by atomic mass is 19.1. The molecule has 24 heavy (non-hydrogen) atoms. The Bertz CT molecular complexity index is 702. The van der Waals surface area contributed by atoms with E-state index in [1.54, 1.807) is 36.0 Å². The second-order valence-corrected chi connectivity index (χ2v) is 5.67. The Balaban J connectivity index is 1.95. The second kappa shape index (κ2) is 7.92. The minimum atomic E-state index is -0.572. The molecule has 0 radical (unpaired) electrons. The number of aromatic nitrogens is 2. The minimum Gasteiger partial charge on any atom is -0.375 e. The van der Waals surface area contributed by atoms with Crippen LogP contribution in [0.15, 0.2) is 30.5 Å². The Morgan fingerprint density at radius 1 is 1.42 bits per heavy atom. The average Bonchev–Trinajstić information content (AvgIpc) is 2.87. The van der Waals surface area contributed by atoms with Crippen molar-refractivity contribution >= 4 is 6.03 Å². The average molecular weight is 334 g/mol. The molecule has 0 aliphatic heterocycles. The van der Waals surface area contributed by atoms with E-state index >= 15 is 0 Å². The summed E-state index contributed by atoms with van der Waals surface area (Å²) in [4.78, 5) is 12.1. The molecule has 0 saturated carbocycles. The summed E-state index contributed by atoms with van der Waals surface area (Å²) in [5.74, 6) is -0.357. The molecular formula is C17H23FN4O2. The van der Waals surface area contributed by atoms with E-state index in [0.717, 1.165) is 11.3 Å². The fourth-order valence-electron chi connectivity index (χ4n) is 2.53. The number of halogens is 1. The third kappa shape index (κ3) is 4.11. The zero-order chi connectivity index (χ0) is 17.7. The summed E-state index contributed by atoms with van der Waals surface area (Å²) in [6.45, 7) is 4.08. The van der Waals surface area contributed by atoms with Crippen LogP contribution >= 0.6 is 0 Å². The summed E-state index contributed by atoms with van der Waals surface area (Å²) >= 11 is 0. The van der Waals surface area contributed by atoms with Crippen molar-refractivity contribution in [2.75, 3.05) is 7.11 Å². The van der Waals surface area contributed by atoms with Crippen molar-refractivity contribution in [2.24, 2.45) is 7.05 Å². The van der Waals surface area contributed by atoms with Crippen LogP contribution in [-0.4, -0.2) is 29.0 Å². The zero-order valence-electron chi connectivity index (χ0n) is 14.3. The largest absolute Gasteiger partial charge is 0.375 e. The molecule has 2 aromatic rings. The molecular weight excluding hydrogens is 311 g/mol. The van der Waals surface area contributed by atoms with Gasteiger partial charge in [-0.3, -0.25) is 4.68 Å². The lowest BCUT2D eigenvalue weighted by Gasteiger charge is -2.24. The molecule has 1 aromatic carbocycles. The van der Waals surface area contributed by atoms with Gasteiger partial charge in [0.1, 0.15) is 11.9 Å². The number of amides is 2. The molecule has 0 fully saturated rings. The second-order valence-electron chi connectivity index (χ2n) is 5.67. The molecule has 0 aliphatic rings. The number of nitrogens with zero attached hydrogens (tertiary/aromatic N) is 2. The van der Waals surface area contributed by atoms with Gasteiger partial charge in [-0.05, 0) is 19.9 Å². The summed E-state index contributed by atoms with van der Waals surface area (Å²) in [5, 5.41) is 9.69. The van der Waals surface area contributed by atoms with Gasteiger partial charge in [0.15, 0.2) is 0 Å². The summed E-state index contributed by atoms with van der Waals surface area (Å²) in [7, 11) is 3.34. The molecule has 6 nitrogen and oxygen atoms in total. The number of carbonyl (C=O) groups is 1. The first-order valence-corrected chi connectivity index (χ1v) is 7.73. The standard InChI is InChI=1S/C17H23FN4O2/c1-11(16(24-4)14-7-5-6-8-15(14)18)21-17(23)19-9-13-10-20-22(3)12(13)2/h5-8,10-11,16H,9H2,1-4H3,(H2,19,21,23). The van der Waals surface area contributed by atoms with Crippen LogP contribution in [0.2, 0.25) is 0 Å². The van der Waals surface area contributed by atoms with Crippen LogP contribution in [0.3, 0.4) is 0 Å². The first-order chi connectivity index (χ1) is 11.4. The van der Waals surface area contributed by atoms with Crippen molar-refractivity contribution in [2.45, 2.75) is 32.5 Å². The number of carbonyl (C=O) groups excluding carboxylic acids is 1. The highest BCUT2D eigenvalue weighted by molar-refractivity contribution is 5.74. The Morgan fingerprint density at radius 2 is 2.12 bits per heavy atom. The van der Waals surface area contributed by atoms with Gasteiger partial charge >= 0.3 is 6.03 Å². The van der Waals surface area contributed by atoms with Crippen LogP contribution in [0.5, 0.6) is 0 Å². The molecule has 0 bridgehead atoms. The molecule has 1 heterocycles. The summed E-state index contributed by atoms with van der Waals surface area (Å²) in [5.41, 5.74) is 2.35. The van der Waals surface area contributed by atoms with E-state index in [4.69, 9.17) is 4.74 Å². The highest BCUT2D eigenvalue weighted by Gasteiger charge is 2.23. The first-order valence-electron chi connectivity index (χ1n) is 7.73. The molecule has 2 N–H and O–H groups in total. The van der Waals surface area contributed by atoms with E-state index in [1.165, 1.54) is 13.2 Å². The number of hydrogen-bond donors (Lipinski definition) is 2. The number of nitrogens with one attached hydrogen (secondary N) is 2. The Morgan fingerprint density at radius 3 is 2.71 bits per heavy atom. The van der Waals surface area contributed by atoms with Crippen molar-refractivity contribution in [1.29, 1.82) is 0 Å². The predicted octanol–water partition coefficient (Wildman–Crippen LogP) is 2.44. The molecule has 7 heteroatoms. The van der Waals surface area contributed by atoms with E-state index in [9.17, 15) is 9.18 Å². The number of aryl methyl sites for hydroxylation is 1. The minimum absolute atomic E-state index is 0.343. The molecule has 2 atom stereocenters. The van der Waals surface area contributed by atoms with Crippen LogP contribution < -0.4 is 10.6 Å². The van der Waals surface area contributed by atoms with Gasteiger partial charge in [-0.2, -0.15) is 5.10 Å². The number of benzene rings is 1. The van der Waals surface area contributed by atoms with E-state index in [-0.39, 0.29) is 11.8 Å². The van der Waals surface area contributed by atoms with Crippen LogP contribution in [-0.2, 0) is 18.3 Å². The normalized spacial score (nSPS) is 13.4. The summed E-state index contributed by atoms with van der Waals surface area (Å²) in [6.07, 6.45) is 1.15. The van der Waals surface area contributed by atoms with Gasteiger partial charge in [0.2, 0.25) is 0 Å². The Hall–Kier alpha value is -2.41. The third-order valence-corrected chi connectivity index (χ3v) is 4.05. The molecule has 2 unspecified atom stereocenters. The highest BCUT2D eigenvalue weighted by Crippen LogP contribution is 2.23. The van der Waals surface area contributed by atoms with E-state index < -0.39 is 12.1 Å². The molecule has 1 aromatic heterocycles. The maximum absolute atomic E-state index is 13.9. The van der Waals surface area contributed by atoms with Crippen molar-refractivity contribution < 1.29 is 13.9 Å². The Kier molecular flexibility index (Phi) is 5.92. The smallest absolute Gasteiger partial charge is 0.315 e. The van der Waals surface area contributed by atoms with Crippen molar-refractivity contribution in [3.8, 4) is 0 Å². The van der Waals surface area contributed by atoms with Crippen molar-refractivity contribution in [3.05, 3.63) is 53.1 Å². The fourth-order valence-corrected chi connectivity index (χ4v) is 2.53. The van der Waals surface area contributed by atoms with Crippen LogP contribution in [0.25, 0.3) is 0 Å². The molecule has 0 saturated heterocycles. The quantitative estimate of drug-likeness (QED) is 0.852. The van der Waals surface area contributed by atoms with Gasteiger partial charge in [-0.15, -0.1) is 0 Å². The van der Waals surface area contributed by atoms with Crippen LogP contribution in [0.1, 0.15) is 29.8 Å². The number of ether oxygens (including phenoxy) is 1. The Labute approximate surface area is 141 Å². The monoisotopic (exact) mass is 334 g/mol. The molecule has 130 valence electrons. The predicted molar refractivity (Wildman–Crippen MR) is 88.9 cm³/mol. The van der Waals surface area contributed by atoms with Crippen LogP contribution in [0, 0.1) is 12.7 Å². The van der Waals surface area contributed by atoms with Gasteiger partial charge in [0.05, 0.1) is 12.2 Å². The first kappa shape index (κ1) is 17.9. The lowest BCUT2D eigenvalue weighted by Crippen LogP contribution is -2.43. The molecule has 2 amide bonds. The maximum atomic E-state index is 13.9. The van der Waals surface area contributed by atoms with E-state index in [1.807, 2.05) is 14.0 Å². The fraction of sp³-hybridized carbons (Fsp3) is 0.412. The van der Waals surface area contributed by atoms with Crippen molar-refractivity contribution in [1.82, 2.24) is 20.4 Å². The van der Waals surface area contributed by atoms with Gasteiger partial charge in [0.25, 0.3) is 0 Å². The molecule has 0 spiro atoms. The van der Waals surface area contributed by atoms with E-state index in [2.05, 4.69) is 15.7 Å². The zero-order valence-corrected chi connectivity index (χ0v) is 14.3. The van der Waals surface area contributed by atoms with E-state index in [0.29, 0.717) is 12.1 Å². The van der Waals surface area contributed by atoms with Gasteiger partial charge in [-0.1, -0.05) is 18.2 Å². The molecule has 0 aliphatic carbocycles. The van der Waals surface area contributed by atoms with Crippen LogP contribution in [0.4, 0.5) is 9.18 Å². The lowest BCUT2D eigenvalue weighted by atomic mass is 10.0. The summed E-state index contributed by atoms with van der Waals surface area (Å²) < 4.78 is 21.0. The van der Waals surface area contributed by atoms with Gasteiger partial charge in [-0.25, -0.2) is 9.18 Å².